The Labute approximate surface area is 142 Å². The van der Waals surface area contributed by atoms with Gasteiger partial charge >= 0.3 is 0 Å². The largest absolute Gasteiger partial charge is 0.370 e. The zero-order valence-electron chi connectivity index (χ0n) is 13.0. The van der Waals surface area contributed by atoms with E-state index in [1.54, 1.807) is 0 Å². The first kappa shape index (κ1) is 16.3. The van der Waals surface area contributed by atoms with Gasteiger partial charge in [-0.1, -0.05) is 18.2 Å². The number of nitrogens with zero attached hydrogens (tertiary/aromatic N) is 2. The number of primary amides is 1. The van der Waals surface area contributed by atoms with Gasteiger partial charge in [0.1, 0.15) is 0 Å². The minimum absolute atomic E-state index is 0. The molecule has 3 fully saturated rings. The van der Waals surface area contributed by atoms with Crippen LogP contribution in [0.2, 0.25) is 0 Å². The zero-order chi connectivity index (χ0) is 15.3. The predicted octanol–water partition coefficient (Wildman–Crippen LogP) is 1.65. The molecule has 0 spiro atoms. The molecule has 124 valence electrons. The molecule has 2 N–H and O–H groups in total. The summed E-state index contributed by atoms with van der Waals surface area (Å²) in [5, 5.41) is 0. The summed E-state index contributed by atoms with van der Waals surface area (Å²) in [4.78, 5) is 29.0. The highest BCUT2D eigenvalue weighted by molar-refractivity contribution is 6.07. The van der Waals surface area contributed by atoms with Gasteiger partial charge in [-0.25, -0.2) is 0 Å². The van der Waals surface area contributed by atoms with E-state index in [1.165, 1.54) is 0 Å². The van der Waals surface area contributed by atoms with Crippen molar-refractivity contribution in [2.45, 2.75) is 37.1 Å². The average molecular weight is 336 g/mol. The average Bonchev–Trinajstić information content (AvgIpc) is 2.82. The van der Waals surface area contributed by atoms with E-state index in [2.05, 4.69) is 4.90 Å². The van der Waals surface area contributed by atoms with Crippen LogP contribution in [0.3, 0.4) is 0 Å². The molecule has 4 aliphatic heterocycles. The van der Waals surface area contributed by atoms with Crippen molar-refractivity contribution < 1.29 is 9.59 Å². The van der Waals surface area contributed by atoms with Crippen LogP contribution in [-0.4, -0.2) is 41.9 Å². The lowest BCUT2D eigenvalue weighted by molar-refractivity contribution is -0.125. The Bertz CT molecular complexity index is 627. The highest BCUT2D eigenvalue weighted by Gasteiger charge is 2.51. The van der Waals surface area contributed by atoms with Crippen LogP contribution in [-0.2, 0) is 9.59 Å². The minimum atomic E-state index is -0.411. The number of carbonyl (C=O) groups is 2. The van der Waals surface area contributed by atoms with Crippen LogP contribution in [0.25, 0.3) is 0 Å². The topological polar surface area (TPSA) is 66.6 Å². The minimum Gasteiger partial charge on any atom is -0.370 e. The van der Waals surface area contributed by atoms with Crippen molar-refractivity contribution in [1.82, 2.24) is 4.90 Å². The van der Waals surface area contributed by atoms with E-state index in [9.17, 15) is 9.59 Å². The fourth-order valence-electron chi connectivity index (χ4n) is 4.43. The molecule has 2 amide bonds. The molecule has 4 heterocycles. The number of piperidine rings is 3. The Hall–Kier alpha value is -1.59. The monoisotopic (exact) mass is 335 g/mol. The molecular weight excluding hydrogens is 314 g/mol. The van der Waals surface area contributed by atoms with Crippen LogP contribution in [0, 0.1) is 0 Å². The molecule has 5 nitrogen and oxygen atoms in total. The lowest BCUT2D eigenvalue weighted by atomic mass is 9.78. The molecule has 0 aliphatic carbocycles. The summed E-state index contributed by atoms with van der Waals surface area (Å²) in [7, 11) is 0. The van der Waals surface area contributed by atoms with Crippen LogP contribution < -0.4 is 10.6 Å². The predicted molar refractivity (Wildman–Crippen MR) is 90.8 cm³/mol. The molecule has 1 aromatic carbocycles. The van der Waals surface area contributed by atoms with Gasteiger partial charge in [0.25, 0.3) is 0 Å². The Morgan fingerprint density at radius 1 is 1.17 bits per heavy atom. The molecule has 6 heteroatoms. The van der Waals surface area contributed by atoms with E-state index in [0.29, 0.717) is 0 Å². The van der Waals surface area contributed by atoms with Gasteiger partial charge < -0.3 is 15.5 Å². The summed E-state index contributed by atoms with van der Waals surface area (Å²) in [5.41, 5.74) is 7.27. The Balaban J connectivity index is 0.00000156. The smallest absolute Gasteiger partial charge is 0.235 e. The van der Waals surface area contributed by atoms with Gasteiger partial charge in [-0.3, -0.25) is 9.59 Å². The summed E-state index contributed by atoms with van der Waals surface area (Å²) < 4.78 is 0. The van der Waals surface area contributed by atoms with Crippen LogP contribution in [0.15, 0.2) is 24.3 Å². The van der Waals surface area contributed by atoms with Crippen LogP contribution in [0.4, 0.5) is 5.69 Å². The third-order valence-corrected chi connectivity index (χ3v) is 5.63. The van der Waals surface area contributed by atoms with E-state index in [-0.39, 0.29) is 30.3 Å². The molecule has 5 rings (SSSR count). The maximum absolute atomic E-state index is 13.1. The fraction of sp³-hybridized carbons (Fsp3) is 0.529. The number of carbonyl (C=O) groups excluding carboxylic acids is 2. The Morgan fingerprint density at radius 2 is 1.78 bits per heavy atom. The van der Waals surface area contributed by atoms with Crippen molar-refractivity contribution in [1.29, 1.82) is 0 Å². The SMILES string of the molecule is Cl.NC(=O)CC1C(=O)N(C23CCN(CC2)CC3)c2ccccc21. The van der Waals surface area contributed by atoms with E-state index in [1.807, 2.05) is 29.2 Å². The number of benzene rings is 1. The van der Waals surface area contributed by atoms with E-state index in [0.717, 1.165) is 50.1 Å². The van der Waals surface area contributed by atoms with E-state index in [4.69, 9.17) is 5.73 Å². The third kappa shape index (κ3) is 2.42. The lowest BCUT2D eigenvalue weighted by Crippen LogP contribution is -2.62. The van der Waals surface area contributed by atoms with Crippen molar-refractivity contribution in [3.05, 3.63) is 29.8 Å². The molecule has 1 aromatic rings. The quantitative estimate of drug-likeness (QED) is 0.913. The third-order valence-electron chi connectivity index (χ3n) is 5.63. The van der Waals surface area contributed by atoms with Crippen molar-refractivity contribution in [2.75, 3.05) is 24.5 Å². The second kappa shape index (κ2) is 5.80. The highest BCUT2D eigenvalue weighted by atomic mass is 35.5. The number of amides is 2. The van der Waals surface area contributed by atoms with Crippen LogP contribution in [0.1, 0.15) is 37.2 Å². The van der Waals surface area contributed by atoms with Gasteiger partial charge in [0.05, 0.1) is 11.5 Å². The van der Waals surface area contributed by atoms with Crippen molar-refractivity contribution >= 4 is 29.9 Å². The second-order valence-corrected chi connectivity index (χ2v) is 6.77. The summed E-state index contributed by atoms with van der Waals surface area (Å²) in [6.07, 6.45) is 3.18. The number of para-hydroxylation sites is 1. The highest BCUT2D eigenvalue weighted by Crippen LogP contribution is 2.48. The first-order valence-corrected chi connectivity index (χ1v) is 8.04. The Morgan fingerprint density at radius 3 is 2.39 bits per heavy atom. The summed E-state index contributed by atoms with van der Waals surface area (Å²) in [6, 6.07) is 7.89. The fourth-order valence-corrected chi connectivity index (χ4v) is 4.43. The van der Waals surface area contributed by atoms with Crippen LogP contribution >= 0.6 is 12.4 Å². The second-order valence-electron chi connectivity index (χ2n) is 6.77. The van der Waals surface area contributed by atoms with Gasteiger partial charge in [0.15, 0.2) is 0 Å². The normalized spacial score (nSPS) is 31.7. The number of hydrogen-bond donors (Lipinski definition) is 1. The summed E-state index contributed by atoms with van der Waals surface area (Å²) >= 11 is 0. The molecule has 1 atom stereocenters. The van der Waals surface area contributed by atoms with Gasteiger partial charge in [0.2, 0.25) is 11.8 Å². The van der Waals surface area contributed by atoms with Gasteiger partial charge in [-0.15, -0.1) is 12.4 Å². The number of halogens is 1. The molecule has 0 aromatic heterocycles. The summed E-state index contributed by atoms with van der Waals surface area (Å²) in [6.45, 7) is 3.19. The van der Waals surface area contributed by atoms with E-state index < -0.39 is 11.8 Å². The first-order chi connectivity index (χ1) is 10.6. The van der Waals surface area contributed by atoms with Crippen molar-refractivity contribution in [3.63, 3.8) is 0 Å². The molecule has 2 bridgehead atoms. The first-order valence-electron chi connectivity index (χ1n) is 8.04. The standard InChI is InChI=1S/C17H21N3O2.ClH/c18-15(21)11-13-12-3-1-2-4-14(12)20(16(13)22)17-5-8-19(9-6-17)10-7-17;/h1-4,13H,5-11H2,(H2,18,21);1H. The Kier molecular flexibility index (Phi) is 4.10. The van der Waals surface area contributed by atoms with Gasteiger partial charge in [-0.05, 0) is 30.9 Å². The maximum atomic E-state index is 13.1. The number of nitrogens with two attached hydrogens (primary N) is 1. The molecule has 23 heavy (non-hydrogen) atoms. The molecule has 1 unspecified atom stereocenters. The van der Waals surface area contributed by atoms with E-state index >= 15 is 0 Å². The number of rotatable bonds is 3. The number of anilines is 1. The van der Waals surface area contributed by atoms with Gasteiger partial charge in [-0.2, -0.15) is 0 Å². The maximum Gasteiger partial charge on any atom is 0.235 e. The molecule has 3 saturated heterocycles. The zero-order valence-corrected chi connectivity index (χ0v) is 13.8. The number of fused-ring (bicyclic) bond motifs is 4. The lowest BCUT2D eigenvalue weighted by Gasteiger charge is -2.53. The molecule has 0 saturated carbocycles. The number of hydrogen-bond acceptors (Lipinski definition) is 3. The summed E-state index contributed by atoms with van der Waals surface area (Å²) in [5.74, 6) is -0.746. The van der Waals surface area contributed by atoms with Gasteiger partial charge in [0, 0.05) is 31.7 Å². The van der Waals surface area contributed by atoms with Crippen LogP contribution in [0.5, 0.6) is 0 Å². The van der Waals surface area contributed by atoms with Crippen molar-refractivity contribution in [3.8, 4) is 0 Å². The molecular formula is C17H22ClN3O2. The van der Waals surface area contributed by atoms with Crippen molar-refractivity contribution in [2.24, 2.45) is 5.73 Å². The molecule has 0 radical (unpaired) electrons. The molecule has 4 aliphatic rings.